The second-order valence-electron chi connectivity index (χ2n) is 10.5. The van der Waals surface area contributed by atoms with Crippen LogP contribution in [0.4, 0.5) is 0 Å². The van der Waals surface area contributed by atoms with Crippen LogP contribution in [-0.2, 0) is 0 Å². The monoisotopic (exact) mass is 394 g/mol. The van der Waals surface area contributed by atoms with Crippen LogP contribution in [0.3, 0.4) is 0 Å². The molecule has 152 valence electrons. The van der Waals surface area contributed by atoms with Crippen LogP contribution in [0.2, 0.25) is 0 Å². The van der Waals surface area contributed by atoms with Crippen molar-refractivity contribution in [1.82, 2.24) is 9.97 Å². The van der Waals surface area contributed by atoms with E-state index in [0.29, 0.717) is 17.8 Å². The van der Waals surface area contributed by atoms with Crippen molar-refractivity contribution in [3.05, 3.63) is 82.2 Å². The van der Waals surface area contributed by atoms with Gasteiger partial charge in [-0.3, -0.25) is 0 Å². The second kappa shape index (κ2) is 5.91. The van der Waals surface area contributed by atoms with E-state index in [1.54, 1.807) is 0 Å². The second-order valence-corrected chi connectivity index (χ2v) is 10.5. The maximum absolute atomic E-state index is 3.89. The van der Waals surface area contributed by atoms with Gasteiger partial charge in [0.25, 0.3) is 0 Å². The van der Waals surface area contributed by atoms with E-state index < -0.39 is 0 Å². The summed E-state index contributed by atoms with van der Waals surface area (Å²) in [4.78, 5) is 7.46. The van der Waals surface area contributed by atoms with Crippen LogP contribution in [0, 0.1) is 25.2 Å². The molecule has 0 amide bonds. The van der Waals surface area contributed by atoms with Crippen molar-refractivity contribution in [2.45, 2.75) is 52.9 Å². The molecule has 0 saturated heterocycles. The number of allylic oxidation sites excluding steroid dienone is 2. The molecule has 4 aromatic rings. The van der Waals surface area contributed by atoms with Crippen LogP contribution >= 0.6 is 0 Å². The van der Waals surface area contributed by atoms with Gasteiger partial charge in [-0.1, -0.05) is 48.8 Å². The molecule has 2 aliphatic rings. The van der Waals surface area contributed by atoms with Gasteiger partial charge in [0, 0.05) is 45.5 Å². The third-order valence-corrected chi connectivity index (χ3v) is 7.72. The van der Waals surface area contributed by atoms with E-state index in [0.717, 1.165) is 0 Å². The highest BCUT2D eigenvalue weighted by molar-refractivity contribution is 5.90. The van der Waals surface area contributed by atoms with Crippen molar-refractivity contribution >= 4 is 21.8 Å². The summed E-state index contributed by atoms with van der Waals surface area (Å²) in [6, 6.07) is 13.7. The minimum Gasteiger partial charge on any atom is -0.361 e. The molecule has 0 saturated carbocycles. The lowest BCUT2D eigenvalue weighted by atomic mass is 9.61. The number of H-pyrrole nitrogens is 2. The smallest absolute Gasteiger partial charge is 0.0459 e. The van der Waals surface area contributed by atoms with E-state index in [-0.39, 0.29) is 5.41 Å². The van der Waals surface area contributed by atoms with Crippen molar-refractivity contribution < 1.29 is 0 Å². The fourth-order valence-corrected chi connectivity index (χ4v) is 6.71. The van der Waals surface area contributed by atoms with Crippen molar-refractivity contribution in [1.29, 1.82) is 0 Å². The van der Waals surface area contributed by atoms with Gasteiger partial charge in [0.1, 0.15) is 0 Å². The van der Waals surface area contributed by atoms with Gasteiger partial charge in [0.15, 0.2) is 0 Å². The highest BCUT2D eigenvalue weighted by atomic mass is 14.8. The lowest BCUT2D eigenvalue weighted by molar-refractivity contribution is 0.173. The predicted octanol–water partition coefficient (Wildman–Crippen LogP) is 7.49. The first kappa shape index (κ1) is 18.1. The molecule has 2 heterocycles. The molecule has 2 aromatic carbocycles. The molecule has 6 rings (SSSR count). The fraction of sp³-hybridized carbons (Fsp3) is 0.357. The maximum Gasteiger partial charge on any atom is 0.0459 e. The first-order valence-corrected chi connectivity index (χ1v) is 11.2. The molecule has 0 bridgehead atoms. The standard InChI is InChI=1S/C28H30N2/c1-15-6-8-22-18(10-15)21(14-29-22)25-26-20(12-17(3)13-28(26,4)5)24-19-11-16(2)7-9-23(19)30-27(24)25/h6-12,14,20,25-26,29-30H,13H2,1-5H3/t20-,25+,26-/m0/s1. The number of fused-ring (bicyclic) bond motifs is 6. The van der Waals surface area contributed by atoms with Gasteiger partial charge in [0.2, 0.25) is 0 Å². The number of benzene rings is 2. The van der Waals surface area contributed by atoms with E-state index in [2.05, 4.69) is 93.3 Å². The summed E-state index contributed by atoms with van der Waals surface area (Å²) in [7, 11) is 0. The zero-order valence-corrected chi connectivity index (χ0v) is 18.6. The fourth-order valence-electron chi connectivity index (χ4n) is 6.71. The summed E-state index contributed by atoms with van der Waals surface area (Å²) in [5.74, 6) is 1.42. The van der Waals surface area contributed by atoms with Crippen molar-refractivity contribution in [2.75, 3.05) is 0 Å². The van der Waals surface area contributed by atoms with Gasteiger partial charge in [-0.15, -0.1) is 0 Å². The summed E-state index contributed by atoms with van der Waals surface area (Å²) >= 11 is 0. The molecule has 0 radical (unpaired) electrons. The molecule has 0 spiro atoms. The van der Waals surface area contributed by atoms with Crippen LogP contribution in [0.1, 0.15) is 67.0 Å². The molecule has 2 nitrogen and oxygen atoms in total. The molecule has 0 aliphatic heterocycles. The number of hydrogen-bond acceptors (Lipinski definition) is 0. The molecule has 3 atom stereocenters. The number of aromatic amines is 2. The quantitative estimate of drug-likeness (QED) is 0.313. The van der Waals surface area contributed by atoms with Crippen LogP contribution < -0.4 is 0 Å². The molecular weight excluding hydrogens is 364 g/mol. The van der Waals surface area contributed by atoms with Crippen LogP contribution in [-0.4, -0.2) is 9.97 Å². The number of hydrogen-bond donors (Lipinski definition) is 2. The van der Waals surface area contributed by atoms with Gasteiger partial charge in [-0.2, -0.15) is 0 Å². The Balaban J connectivity index is 1.68. The summed E-state index contributed by atoms with van der Waals surface area (Å²) in [5, 5.41) is 2.80. The Labute approximate surface area is 178 Å². The van der Waals surface area contributed by atoms with Gasteiger partial charge < -0.3 is 9.97 Å². The zero-order chi connectivity index (χ0) is 20.8. The first-order valence-electron chi connectivity index (χ1n) is 11.2. The number of aryl methyl sites for hydroxylation is 2. The molecule has 2 N–H and O–H groups in total. The zero-order valence-electron chi connectivity index (χ0n) is 18.6. The summed E-state index contributed by atoms with van der Waals surface area (Å²) in [6.45, 7) is 11.7. The van der Waals surface area contributed by atoms with Crippen LogP contribution in [0.15, 0.2) is 54.2 Å². The third kappa shape index (κ3) is 2.37. The lowest BCUT2D eigenvalue weighted by Crippen LogP contribution is -2.33. The number of rotatable bonds is 1. The SMILES string of the molecule is CC1=C[C@H]2c3c([nH]c4ccc(C)cc34)[C@H](c3c[nH]c4ccc(C)cc34)[C@H]2C(C)(C)C1. The van der Waals surface area contributed by atoms with E-state index in [1.807, 2.05) is 0 Å². The van der Waals surface area contributed by atoms with E-state index in [1.165, 1.54) is 61.7 Å². The van der Waals surface area contributed by atoms with Gasteiger partial charge >= 0.3 is 0 Å². The van der Waals surface area contributed by atoms with Crippen LogP contribution in [0.25, 0.3) is 21.8 Å². The summed E-state index contributed by atoms with van der Waals surface area (Å²) in [6.07, 6.45) is 6.02. The average Bonchev–Trinajstić information content (AvgIpc) is 3.32. The van der Waals surface area contributed by atoms with E-state index >= 15 is 0 Å². The predicted molar refractivity (Wildman–Crippen MR) is 126 cm³/mol. The Morgan fingerprint density at radius 3 is 2.37 bits per heavy atom. The Morgan fingerprint density at radius 2 is 1.60 bits per heavy atom. The topological polar surface area (TPSA) is 31.6 Å². The molecule has 0 unspecified atom stereocenters. The van der Waals surface area contributed by atoms with Gasteiger partial charge in [0.05, 0.1) is 0 Å². The number of aromatic nitrogens is 2. The average molecular weight is 395 g/mol. The molecule has 2 heteroatoms. The first-order chi connectivity index (χ1) is 14.3. The Bertz CT molecular complexity index is 1340. The molecule has 2 aliphatic carbocycles. The third-order valence-electron chi connectivity index (χ3n) is 7.72. The molecule has 2 aromatic heterocycles. The minimum absolute atomic E-state index is 0.248. The van der Waals surface area contributed by atoms with E-state index in [4.69, 9.17) is 0 Å². The van der Waals surface area contributed by atoms with Crippen molar-refractivity contribution in [3.63, 3.8) is 0 Å². The summed E-state index contributed by atoms with van der Waals surface area (Å²) in [5.41, 5.74) is 11.4. The summed E-state index contributed by atoms with van der Waals surface area (Å²) < 4.78 is 0. The minimum atomic E-state index is 0.248. The lowest BCUT2D eigenvalue weighted by Gasteiger charge is -2.43. The maximum atomic E-state index is 3.89. The van der Waals surface area contributed by atoms with Crippen LogP contribution in [0.5, 0.6) is 0 Å². The normalized spacial score (nSPS) is 24.8. The molecule has 30 heavy (non-hydrogen) atoms. The highest BCUT2D eigenvalue weighted by Gasteiger charge is 2.51. The van der Waals surface area contributed by atoms with Gasteiger partial charge in [-0.05, 0) is 73.9 Å². The highest BCUT2D eigenvalue weighted by Crippen LogP contribution is 2.62. The largest absolute Gasteiger partial charge is 0.361 e. The molecular formula is C28H30N2. The van der Waals surface area contributed by atoms with Crippen molar-refractivity contribution in [2.24, 2.45) is 11.3 Å². The number of nitrogens with one attached hydrogen (secondary N) is 2. The van der Waals surface area contributed by atoms with Crippen molar-refractivity contribution in [3.8, 4) is 0 Å². The Morgan fingerprint density at radius 1 is 0.900 bits per heavy atom. The van der Waals surface area contributed by atoms with Gasteiger partial charge in [-0.25, -0.2) is 0 Å². The Kier molecular flexibility index (Phi) is 3.56. The Hall–Kier alpha value is -2.74. The van der Waals surface area contributed by atoms with E-state index in [9.17, 15) is 0 Å². The molecule has 0 fully saturated rings.